The molecule has 0 fully saturated rings. The first-order valence-corrected chi connectivity index (χ1v) is 8.73. The summed E-state index contributed by atoms with van der Waals surface area (Å²) >= 11 is 2.96. The lowest BCUT2D eigenvalue weighted by molar-refractivity contribution is -0.113. The minimum absolute atomic E-state index is 0.0812. The molecule has 2 aromatic rings. The van der Waals surface area contributed by atoms with Crippen LogP contribution in [0.5, 0.6) is 0 Å². The molecule has 22 heavy (non-hydrogen) atoms. The van der Waals surface area contributed by atoms with E-state index in [0.717, 1.165) is 16.3 Å². The fourth-order valence-corrected chi connectivity index (χ4v) is 3.15. The van der Waals surface area contributed by atoms with Crippen molar-refractivity contribution in [3.8, 4) is 0 Å². The molecule has 1 N–H and O–H groups in total. The van der Waals surface area contributed by atoms with E-state index < -0.39 is 0 Å². The summed E-state index contributed by atoms with van der Waals surface area (Å²) in [7, 11) is 0. The van der Waals surface area contributed by atoms with Crippen molar-refractivity contribution in [2.24, 2.45) is 0 Å². The summed E-state index contributed by atoms with van der Waals surface area (Å²) in [6.07, 6.45) is 1.84. The molecule has 1 heterocycles. The summed E-state index contributed by atoms with van der Waals surface area (Å²) in [5, 5.41) is 14.9. The van der Waals surface area contributed by atoms with Crippen molar-refractivity contribution < 1.29 is 4.79 Å². The van der Waals surface area contributed by atoms with Crippen LogP contribution in [0.15, 0.2) is 47.0 Å². The van der Waals surface area contributed by atoms with Crippen LogP contribution in [0.4, 0.5) is 5.69 Å². The van der Waals surface area contributed by atoms with Crippen LogP contribution in [0.2, 0.25) is 0 Å². The van der Waals surface area contributed by atoms with Gasteiger partial charge in [0.2, 0.25) is 11.1 Å². The molecule has 0 unspecified atom stereocenters. The van der Waals surface area contributed by atoms with Gasteiger partial charge in [-0.3, -0.25) is 4.79 Å². The van der Waals surface area contributed by atoms with Crippen LogP contribution in [0.3, 0.4) is 0 Å². The third-order valence-corrected chi connectivity index (χ3v) is 4.68. The predicted molar refractivity (Wildman–Crippen MR) is 90.2 cm³/mol. The third kappa shape index (κ3) is 4.60. The smallest absolute Gasteiger partial charge is 0.234 e. The topological polar surface area (TPSA) is 72.7 Å². The predicted octanol–water partition coefficient (Wildman–Crippen LogP) is 2.70. The number of nitrogens with zero attached hydrogens (tertiary/aromatic N) is 4. The quantitative estimate of drug-likeness (QED) is 0.591. The lowest BCUT2D eigenvalue weighted by Gasteiger charge is -2.09. The van der Waals surface area contributed by atoms with Crippen molar-refractivity contribution in [2.75, 3.05) is 16.8 Å². The Balaban J connectivity index is 1.93. The third-order valence-electron chi connectivity index (χ3n) is 2.65. The van der Waals surface area contributed by atoms with Crippen molar-refractivity contribution in [3.05, 3.63) is 36.9 Å². The number of aryl methyl sites for hydroxylation is 1. The number of nitrogens with one attached hydrogen (secondary N) is 1. The molecule has 0 radical (unpaired) electrons. The Hall–Kier alpha value is -1.80. The number of hydrogen-bond donors (Lipinski definition) is 1. The van der Waals surface area contributed by atoms with Gasteiger partial charge in [-0.15, -0.1) is 23.4 Å². The summed E-state index contributed by atoms with van der Waals surface area (Å²) in [4.78, 5) is 13.1. The number of amides is 1. The van der Waals surface area contributed by atoms with E-state index in [-0.39, 0.29) is 11.7 Å². The first kappa shape index (κ1) is 16.6. The molecular weight excluding hydrogens is 318 g/mol. The van der Waals surface area contributed by atoms with Crippen LogP contribution in [0, 0.1) is 0 Å². The van der Waals surface area contributed by atoms with Crippen molar-refractivity contribution in [1.29, 1.82) is 0 Å². The van der Waals surface area contributed by atoms with Crippen molar-refractivity contribution in [2.45, 2.75) is 23.5 Å². The maximum atomic E-state index is 12.1. The monoisotopic (exact) mass is 335 g/mol. The second-order valence-corrected chi connectivity index (χ2v) is 6.21. The average molecular weight is 335 g/mol. The summed E-state index contributed by atoms with van der Waals surface area (Å²) in [6, 6.07) is 7.72. The van der Waals surface area contributed by atoms with Gasteiger partial charge in [-0.05, 0) is 29.5 Å². The molecule has 0 bridgehead atoms. The first-order chi connectivity index (χ1) is 10.7. The van der Waals surface area contributed by atoms with Gasteiger partial charge in [0.05, 0.1) is 11.4 Å². The highest BCUT2D eigenvalue weighted by atomic mass is 32.2. The van der Waals surface area contributed by atoms with Crippen LogP contribution in [0.25, 0.3) is 0 Å². The Bertz CT molecular complexity index is 644. The largest absolute Gasteiger partial charge is 0.324 e. The number of rotatable bonds is 8. The molecule has 6 nitrogen and oxygen atoms in total. The zero-order valence-electron chi connectivity index (χ0n) is 12.2. The number of carbonyl (C=O) groups is 1. The number of thioether (sulfide) groups is 2. The van der Waals surface area contributed by atoms with E-state index in [9.17, 15) is 4.79 Å². The first-order valence-electron chi connectivity index (χ1n) is 6.76. The number of para-hydroxylation sites is 1. The molecule has 0 atom stereocenters. The van der Waals surface area contributed by atoms with E-state index >= 15 is 0 Å². The van der Waals surface area contributed by atoms with Gasteiger partial charge in [0.1, 0.15) is 0 Å². The van der Waals surface area contributed by atoms with Gasteiger partial charge in [-0.25, -0.2) is 4.68 Å². The average Bonchev–Trinajstić information content (AvgIpc) is 2.99. The van der Waals surface area contributed by atoms with Gasteiger partial charge in [0.25, 0.3) is 0 Å². The van der Waals surface area contributed by atoms with Crippen LogP contribution >= 0.6 is 23.5 Å². The number of hydrogen-bond acceptors (Lipinski definition) is 6. The number of aromatic nitrogens is 4. The number of benzene rings is 1. The normalized spacial score (nSPS) is 10.4. The summed E-state index contributed by atoms with van der Waals surface area (Å²) in [5.74, 6) is 0.982. The molecule has 2 rings (SSSR count). The molecule has 1 aromatic heterocycles. The molecule has 116 valence electrons. The van der Waals surface area contributed by atoms with E-state index in [1.807, 2.05) is 37.3 Å². The lowest BCUT2D eigenvalue weighted by Crippen LogP contribution is -2.15. The van der Waals surface area contributed by atoms with Gasteiger partial charge in [-0.2, -0.15) is 0 Å². The molecule has 1 aromatic carbocycles. The SMILES string of the molecule is C=CCSc1ccccc1NC(=O)CSc1nnnn1CC. The fourth-order valence-electron chi connectivity index (χ4n) is 1.66. The highest BCUT2D eigenvalue weighted by Crippen LogP contribution is 2.27. The van der Waals surface area contributed by atoms with Crippen LogP contribution in [-0.4, -0.2) is 37.6 Å². The molecule has 0 aliphatic heterocycles. The second kappa shape index (κ2) is 8.60. The van der Waals surface area contributed by atoms with Crippen molar-refractivity contribution in [1.82, 2.24) is 20.2 Å². The molecule has 8 heteroatoms. The summed E-state index contributed by atoms with van der Waals surface area (Å²) in [5.41, 5.74) is 0.815. The number of carbonyl (C=O) groups excluding carboxylic acids is 1. The van der Waals surface area contributed by atoms with E-state index in [1.165, 1.54) is 11.8 Å². The van der Waals surface area contributed by atoms with E-state index in [0.29, 0.717) is 11.7 Å². The maximum absolute atomic E-state index is 12.1. The van der Waals surface area contributed by atoms with Crippen LogP contribution < -0.4 is 5.32 Å². The zero-order chi connectivity index (χ0) is 15.8. The Kier molecular flexibility index (Phi) is 6.47. The summed E-state index contributed by atoms with van der Waals surface area (Å²) in [6.45, 7) is 6.34. The van der Waals surface area contributed by atoms with E-state index in [2.05, 4.69) is 27.4 Å². The van der Waals surface area contributed by atoms with Gasteiger partial charge < -0.3 is 5.32 Å². The second-order valence-electron chi connectivity index (χ2n) is 4.21. The molecule has 0 saturated heterocycles. The highest BCUT2D eigenvalue weighted by Gasteiger charge is 2.10. The van der Waals surface area contributed by atoms with Crippen molar-refractivity contribution in [3.63, 3.8) is 0 Å². The number of anilines is 1. The molecule has 0 aliphatic rings. The van der Waals surface area contributed by atoms with Gasteiger partial charge in [-0.1, -0.05) is 30.0 Å². The van der Waals surface area contributed by atoms with Gasteiger partial charge in [0.15, 0.2) is 0 Å². The van der Waals surface area contributed by atoms with E-state index in [1.54, 1.807) is 16.4 Å². The summed E-state index contributed by atoms with van der Waals surface area (Å²) < 4.78 is 1.66. The minimum atomic E-state index is -0.0812. The Labute approximate surface area is 137 Å². The molecular formula is C14H17N5OS2. The lowest BCUT2D eigenvalue weighted by atomic mass is 10.3. The molecule has 0 aliphatic carbocycles. The van der Waals surface area contributed by atoms with Crippen LogP contribution in [0.1, 0.15) is 6.92 Å². The minimum Gasteiger partial charge on any atom is -0.324 e. The number of tetrazole rings is 1. The van der Waals surface area contributed by atoms with E-state index in [4.69, 9.17) is 0 Å². The van der Waals surface area contributed by atoms with Gasteiger partial charge >= 0.3 is 0 Å². The molecule has 1 amide bonds. The Morgan fingerprint density at radius 3 is 3.00 bits per heavy atom. The standard InChI is InChI=1S/C14H17N5OS2/c1-3-9-21-12-8-6-5-7-11(12)15-13(20)10-22-14-16-17-18-19(14)4-2/h3,5-8H,1,4,9-10H2,2H3,(H,15,20). The fraction of sp³-hybridized carbons (Fsp3) is 0.286. The molecule has 0 saturated carbocycles. The molecule has 0 spiro atoms. The Morgan fingerprint density at radius 2 is 2.23 bits per heavy atom. The Morgan fingerprint density at radius 1 is 1.41 bits per heavy atom. The highest BCUT2D eigenvalue weighted by molar-refractivity contribution is 8.00. The van der Waals surface area contributed by atoms with Crippen molar-refractivity contribution >= 4 is 35.1 Å². The zero-order valence-corrected chi connectivity index (χ0v) is 13.9. The van der Waals surface area contributed by atoms with Gasteiger partial charge in [0, 0.05) is 17.2 Å². The maximum Gasteiger partial charge on any atom is 0.234 e. The van der Waals surface area contributed by atoms with Crippen LogP contribution in [-0.2, 0) is 11.3 Å².